The van der Waals surface area contributed by atoms with E-state index in [1.807, 2.05) is 13.8 Å². The molecule has 0 radical (unpaired) electrons. The van der Waals surface area contributed by atoms with E-state index >= 15 is 0 Å². The van der Waals surface area contributed by atoms with Gasteiger partial charge in [0.2, 0.25) is 5.91 Å². The molecule has 0 atom stereocenters. The average molecular weight is 291 g/mol. The van der Waals surface area contributed by atoms with Crippen molar-refractivity contribution in [2.45, 2.75) is 39.5 Å². The molecule has 1 aliphatic heterocycles. The maximum atomic E-state index is 12.6. The number of nitro benzene ring substituents is 1. The van der Waals surface area contributed by atoms with Gasteiger partial charge < -0.3 is 10.6 Å². The third kappa shape index (κ3) is 2.46. The van der Waals surface area contributed by atoms with Crippen LogP contribution in [0.4, 0.5) is 17.1 Å². The lowest BCUT2D eigenvalue weighted by Crippen LogP contribution is -2.37. The van der Waals surface area contributed by atoms with Gasteiger partial charge in [-0.1, -0.05) is 13.8 Å². The van der Waals surface area contributed by atoms with Crippen molar-refractivity contribution in [3.05, 3.63) is 27.8 Å². The lowest BCUT2D eigenvalue weighted by Gasteiger charge is -2.21. The second-order valence-corrected chi connectivity index (χ2v) is 6.45. The zero-order valence-corrected chi connectivity index (χ0v) is 12.8. The largest absolute Gasteiger partial charge is 0.398 e. The van der Waals surface area contributed by atoms with Crippen LogP contribution >= 0.6 is 0 Å². The summed E-state index contributed by atoms with van der Waals surface area (Å²) in [6.07, 6.45) is 0.837. The molecule has 0 aromatic heterocycles. The summed E-state index contributed by atoms with van der Waals surface area (Å²) >= 11 is 0. The van der Waals surface area contributed by atoms with Gasteiger partial charge in [-0.3, -0.25) is 14.9 Å². The van der Waals surface area contributed by atoms with Crippen LogP contribution in [-0.4, -0.2) is 17.4 Å². The number of carbonyl (C=O) groups is 1. The average Bonchev–Trinajstić information content (AvgIpc) is 2.55. The Morgan fingerprint density at radius 3 is 2.52 bits per heavy atom. The van der Waals surface area contributed by atoms with Gasteiger partial charge in [0.1, 0.15) is 0 Å². The first-order valence-electron chi connectivity index (χ1n) is 7.06. The number of nitro groups is 1. The summed E-state index contributed by atoms with van der Waals surface area (Å²) in [5.74, 6) is 0.395. The fraction of sp³-hybridized carbons (Fsp3) is 0.533. The van der Waals surface area contributed by atoms with Gasteiger partial charge in [-0.2, -0.15) is 0 Å². The number of non-ortho nitro benzene ring substituents is 1. The number of nitrogen functional groups attached to an aromatic ring is 1. The van der Waals surface area contributed by atoms with Crippen LogP contribution in [0.15, 0.2) is 12.1 Å². The molecule has 0 spiro atoms. The maximum Gasteiger partial charge on any atom is 0.273 e. The Morgan fingerprint density at radius 1 is 1.38 bits per heavy atom. The molecule has 1 heterocycles. The van der Waals surface area contributed by atoms with E-state index < -0.39 is 10.3 Å². The summed E-state index contributed by atoms with van der Waals surface area (Å²) in [6.45, 7) is 8.33. The normalized spacial score (nSPS) is 16.4. The van der Waals surface area contributed by atoms with Crippen LogP contribution in [0.5, 0.6) is 0 Å². The zero-order chi connectivity index (χ0) is 15.9. The molecule has 1 aromatic carbocycles. The molecular formula is C15H21N3O3. The summed E-state index contributed by atoms with van der Waals surface area (Å²) in [6, 6.07) is 2.79. The molecule has 0 saturated carbocycles. The van der Waals surface area contributed by atoms with Crippen LogP contribution in [0.2, 0.25) is 0 Å². The lowest BCUT2D eigenvalue weighted by molar-refractivity contribution is -0.384. The van der Waals surface area contributed by atoms with Crippen LogP contribution in [-0.2, 0) is 10.2 Å². The van der Waals surface area contributed by atoms with Crippen LogP contribution < -0.4 is 10.6 Å². The number of nitrogens with zero attached hydrogens (tertiary/aromatic N) is 2. The summed E-state index contributed by atoms with van der Waals surface area (Å²) in [5.41, 5.74) is 6.75. The van der Waals surface area contributed by atoms with Crippen molar-refractivity contribution in [1.82, 2.24) is 0 Å². The summed E-state index contributed by atoms with van der Waals surface area (Å²) < 4.78 is 0. The summed E-state index contributed by atoms with van der Waals surface area (Å²) in [5, 5.41) is 11.0. The smallest absolute Gasteiger partial charge is 0.273 e. The number of carbonyl (C=O) groups excluding carboxylic acids is 1. The van der Waals surface area contributed by atoms with Gasteiger partial charge in [0.05, 0.1) is 16.0 Å². The molecule has 6 heteroatoms. The molecule has 21 heavy (non-hydrogen) atoms. The highest BCUT2D eigenvalue weighted by Crippen LogP contribution is 2.46. The third-order valence-electron chi connectivity index (χ3n) is 3.97. The Balaban J connectivity index is 2.55. The first kappa shape index (κ1) is 15.3. The maximum absolute atomic E-state index is 12.6. The van der Waals surface area contributed by atoms with Crippen molar-refractivity contribution >= 4 is 23.0 Å². The van der Waals surface area contributed by atoms with Crippen LogP contribution in [0, 0.1) is 16.0 Å². The Morgan fingerprint density at radius 2 is 2.00 bits per heavy atom. The van der Waals surface area contributed by atoms with E-state index in [0.717, 1.165) is 6.42 Å². The van der Waals surface area contributed by atoms with Crippen molar-refractivity contribution in [3.63, 3.8) is 0 Å². The predicted molar refractivity (Wildman–Crippen MR) is 82.3 cm³/mol. The van der Waals surface area contributed by atoms with E-state index in [1.165, 1.54) is 12.1 Å². The first-order chi connectivity index (χ1) is 9.66. The second kappa shape index (κ2) is 5.02. The fourth-order valence-electron chi connectivity index (χ4n) is 2.80. The topological polar surface area (TPSA) is 89.5 Å². The first-order valence-corrected chi connectivity index (χ1v) is 7.06. The van der Waals surface area contributed by atoms with Gasteiger partial charge in [0.25, 0.3) is 5.69 Å². The van der Waals surface area contributed by atoms with Gasteiger partial charge in [-0.15, -0.1) is 0 Å². The predicted octanol–water partition coefficient (Wildman–Crippen LogP) is 2.85. The minimum atomic E-state index is -0.745. The Hall–Kier alpha value is -2.11. The van der Waals surface area contributed by atoms with Crippen molar-refractivity contribution in [2.75, 3.05) is 17.2 Å². The Labute approximate surface area is 124 Å². The van der Waals surface area contributed by atoms with Crippen LogP contribution in [0.25, 0.3) is 0 Å². The number of anilines is 2. The lowest BCUT2D eigenvalue weighted by atomic mass is 9.85. The van der Waals surface area contributed by atoms with E-state index in [2.05, 4.69) is 13.8 Å². The highest BCUT2D eigenvalue weighted by atomic mass is 16.6. The SMILES string of the molecule is CC(C)CCN1C(=O)C(C)(C)c2c(N)cc([N+](=O)[O-])cc21. The van der Waals surface area contributed by atoms with Crippen LogP contribution in [0.1, 0.15) is 39.7 Å². The summed E-state index contributed by atoms with van der Waals surface area (Å²) in [4.78, 5) is 24.8. The second-order valence-electron chi connectivity index (χ2n) is 6.45. The number of rotatable bonds is 4. The van der Waals surface area contributed by atoms with Gasteiger partial charge in [0, 0.05) is 29.9 Å². The molecule has 0 bridgehead atoms. The number of amides is 1. The van der Waals surface area contributed by atoms with Crippen LogP contribution in [0.3, 0.4) is 0 Å². The molecule has 0 fully saturated rings. The molecule has 2 N–H and O–H groups in total. The number of benzene rings is 1. The van der Waals surface area contributed by atoms with E-state index in [1.54, 1.807) is 4.90 Å². The van der Waals surface area contributed by atoms with Crippen molar-refractivity contribution in [3.8, 4) is 0 Å². The van der Waals surface area contributed by atoms with Gasteiger partial charge in [0.15, 0.2) is 0 Å². The highest BCUT2D eigenvalue weighted by molar-refractivity contribution is 6.09. The quantitative estimate of drug-likeness (QED) is 0.524. The molecule has 1 aliphatic rings. The minimum absolute atomic E-state index is 0.0506. The van der Waals surface area contributed by atoms with Crippen molar-refractivity contribution < 1.29 is 9.72 Å². The van der Waals surface area contributed by atoms with Crippen molar-refractivity contribution in [1.29, 1.82) is 0 Å². The zero-order valence-electron chi connectivity index (χ0n) is 12.8. The van der Waals surface area contributed by atoms with Gasteiger partial charge in [-0.05, 0) is 26.2 Å². The monoisotopic (exact) mass is 291 g/mol. The molecule has 114 valence electrons. The van der Waals surface area contributed by atoms with Gasteiger partial charge >= 0.3 is 0 Å². The van der Waals surface area contributed by atoms with E-state index in [0.29, 0.717) is 29.4 Å². The number of nitrogens with two attached hydrogens (primary N) is 1. The third-order valence-corrected chi connectivity index (χ3v) is 3.97. The van der Waals surface area contributed by atoms with E-state index in [9.17, 15) is 14.9 Å². The molecular weight excluding hydrogens is 270 g/mol. The highest BCUT2D eigenvalue weighted by Gasteiger charge is 2.46. The minimum Gasteiger partial charge on any atom is -0.398 e. The van der Waals surface area contributed by atoms with E-state index in [-0.39, 0.29) is 11.6 Å². The molecule has 2 rings (SSSR count). The molecule has 1 amide bonds. The van der Waals surface area contributed by atoms with Gasteiger partial charge in [-0.25, -0.2) is 0 Å². The van der Waals surface area contributed by atoms with E-state index in [4.69, 9.17) is 5.73 Å². The molecule has 0 aliphatic carbocycles. The fourth-order valence-corrected chi connectivity index (χ4v) is 2.80. The number of fused-ring (bicyclic) bond motifs is 1. The van der Waals surface area contributed by atoms with Crippen molar-refractivity contribution in [2.24, 2.45) is 5.92 Å². The Kier molecular flexibility index (Phi) is 3.65. The molecule has 0 unspecified atom stereocenters. The molecule has 6 nitrogen and oxygen atoms in total. The number of hydrogen-bond acceptors (Lipinski definition) is 4. The molecule has 1 aromatic rings. The summed E-state index contributed by atoms with van der Waals surface area (Å²) in [7, 11) is 0. The standard InChI is InChI=1S/C15H21N3O3/c1-9(2)5-6-17-12-8-10(18(20)21)7-11(16)13(12)15(3,4)14(17)19/h7-9H,5-6,16H2,1-4H3. The molecule has 0 saturated heterocycles. The number of hydrogen-bond donors (Lipinski definition) is 1. The Bertz CT molecular complexity index is 608.